The van der Waals surface area contributed by atoms with Crippen LogP contribution in [-0.4, -0.2) is 56.4 Å². The van der Waals surface area contributed by atoms with Crippen LogP contribution in [-0.2, 0) is 19.5 Å². The van der Waals surface area contributed by atoms with Gasteiger partial charge in [-0.1, -0.05) is 184 Å². The molecule has 12 heteroatoms. The molecule has 0 saturated carbocycles. The zero-order valence-corrected chi connectivity index (χ0v) is 61.4. The van der Waals surface area contributed by atoms with Gasteiger partial charge >= 0.3 is 0 Å². The van der Waals surface area contributed by atoms with E-state index >= 15 is 0 Å². The van der Waals surface area contributed by atoms with Gasteiger partial charge in [0, 0.05) is 98.6 Å². The molecular weight excluding hydrogens is 1230 g/mol. The molecule has 0 heterocycles. The van der Waals surface area contributed by atoms with Crippen LogP contribution in [0, 0.1) is 10.2 Å². The van der Waals surface area contributed by atoms with Crippen LogP contribution in [0.1, 0.15) is 203 Å². The van der Waals surface area contributed by atoms with E-state index in [4.69, 9.17) is 18.6 Å². The number of nitrogens with zero attached hydrogens (tertiary/aromatic N) is 4. The molecule has 475 valence electrons. The monoisotopic (exact) mass is 1330 g/mol. The molecule has 0 amide bonds. The molecule has 0 aromatic heterocycles. The molecule has 8 nitrogen and oxygen atoms in total. The van der Waals surface area contributed by atoms with Crippen molar-refractivity contribution >= 4 is 92.0 Å². The van der Waals surface area contributed by atoms with E-state index in [9.17, 15) is 0 Å². The second kappa shape index (κ2) is 29.6. The molecule has 0 N–H and O–H groups in total. The summed E-state index contributed by atoms with van der Waals surface area (Å²) in [4.78, 5) is 9.51. The number of fused-ring (bicyclic) bond motifs is 2. The molecule has 0 unspecified atom stereocenters. The normalized spacial score (nSPS) is 12.1. The van der Waals surface area contributed by atoms with Crippen molar-refractivity contribution in [1.82, 2.24) is 0 Å². The minimum Gasteiger partial charge on any atom is -0.377 e. The van der Waals surface area contributed by atoms with Crippen LogP contribution >= 0.6 is 15.8 Å². The van der Waals surface area contributed by atoms with E-state index in [1.54, 1.807) is 0 Å². The standard InChI is InChI=1S/C76H100N4P2.ClHO4.Rh/c1-45(2)61-37-55(38-62(46(3)4)73(61)77(17)18)81(56-39-63(47(5)6)74(78(19)20)64(40-56)48(7)8)69-35-33-53-29-25-27-31-59(53)71(69)72-60-32-28-26-30-54(60)34-36-70(72)82(57-41-65(49(9)10)75(79(21)22)66(42-57)50(11)12)58-43-67(51(13)14)76(80(23)24)68(44-58)52(15)16;2-1(3,4)5;/h25-52H,1-24H3;(H,2,3,4,5);/p-1. The third-order valence-corrected chi connectivity index (χ3v) is 21.8. The Morgan fingerprint density at radius 3 is 0.648 bits per heavy atom. The zero-order valence-electron chi connectivity index (χ0n) is 57.2. The molecule has 88 heavy (non-hydrogen) atoms. The number of halogens is 1. The van der Waals surface area contributed by atoms with Crippen molar-refractivity contribution in [3.8, 4) is 11.1 Å². The van der Waals surface area contributed by atoms with Gasteiger partial charge in [-0.3, -0.25) is 0 Å². The minimum atomic E-state index is -4.94. The molecule has 0 bridgehead atoms. The topological polar surface area (TPSA) is 105 Å². The molecular formula is C76H100ClN4O4P2Rh-. The third-order valence-electron chi connectivity index (χ3n) is 17.0. The van der Waals surface area contributed by atoms with Crippen molar-refractivity contribution in [1.29, 1.82) is 0 Å². The van der Waals surface area contributed by atoms with E-state index in [-0.39, 0.29) is 19.5 Å². The third kappa shape index (κ3) is 15.5. The van der Waals surface area contributed by atoms with E-state index in [1.165, 1.54) is 132 Å². The molecule has 0 spiro atoms. The molecule has 0 aliphatic rings. The molecule has 8 aromatic carbocycles. The second-order valence-corrected chi connectivity index (χ2v) is 32.2. The Kier molecular flexibility index (Phi) is 24.3. The Labute approximate surface area is 547 Å². The van der Waals surface area contributed by atoms with Crippen molar-refractivity contribution in [2.45, 2.75) is 158 Å². The van der Waals surface area contributed by atoms with Crippen molar-refractivity contribution < 1.29 is 48.4 Å². The molecule has 0 fully saturated rings. The first-order valence-corrected chi connectivity index (χ1v) is 35.2. The van der Waals surface area contributed by atoms with E-state index in [0.717, 1.165) is 0 Å². The van der Waals surface area contributed by atoms with Gasteiger partial charge in [0.05, 0.1) is 0 Å². The van der Waals surface area contributed by atoms with Gasteiger partial charge in [-0.2, -0.15) is 0 Å². The van der Waals surface area contributed by atoms with Gasteiger partial charge in [-0.15, -0.1) is 10.2 Å². The molecule has 1 radical (unpaired) electrons. The summed E-state index contributed by atoms with van der Waals surface area (Å²) >= 11 is 0. The maximum atomic E-state index is 8.49. The van der Waals surface area contributed by atoms with Gasteiger partial charge in [0.25, 0.3) is 0 Å². The van der Waals surface area contributed by atoms with Gasteiger partial charge in [0.15, 0.2) is 0 Å². The van der Waals surface area contributed by atoms with Crippen LogP contribution in [0.15, 0.2) is 121 Å². The number of benzene rings is 8. The van der Waals surface area contributed by atoms with Crippen molar-refractivity contribution in [2.24, 2.45) is 0 Å². The van der Waals surface area contributed by atoms with E-state index in [2.05, 4.69) is 308 Å². The van der Waals surface area contributed by atoms with Crippen LogP contribution in [0.4, 0.5) is 22.7 Å². The maximum Gasteiger partial charge on any atom is 0.0431 e. The van der Waals surface area contributed by atoms with Crippen LogP contribution in [0.25, 0.3) is 32.7 Å². The summed E-state index contributed by atoms with van der Waals surface area (Å²) in [7, 11) is 10.6. The number of rotatable bonds is 19. The maximum absolute atomic E-state index is 8.49. The van der Waals surface area contributed by atoms with Gasteiger partial charge in [0.2, 0.25) is 0 Å². The van der Waals surface area contributed by atoms with E-state index < -0.39 is 26.1 Å². The van der Waals surface area contributed by atoms with Crippen molar-refractivity contribution in [3.05, 3.63) is 166 Å². The molecule has 8 rings (SSSR count). The quantitative estimate of drug-likeness (QED) is 0.0582. The summed E-state index contributed by atoms with van der Waals surface area (Å²) in [6, 6.07) is 49.8. The minimum absolute atomic E-state index is 0. The first-order valence-electron chi connectivity index (χ1n) is 31.3. The molecule has 0 aliphatic carbocycles. The molecule has 0 saturated heterocycles. The SMILES string of the molecule is CC(C)c1cc(P(c2cc(C(C)C)c(N(C)C)c(C(C)C)c2)c2ccc3ccccc3c2-c2c(P(c3cc(C(C)C)c(N(C)C)c(C(C)C)c3)c3cc(C(C)C)c(N(C)C)c(C(C)C)c3)ccc3ccccc23)cc(C(C)C)c1N(C)C.[O-][Cl+3]([O-])([O-])[O-].[Rh]. The van der Waals surface area contributed by atoms with Crippen LogP contribution in [0.2, 0.25) is 0 Å². The van der Waals surface area contributed by atoms with Crippen LogP contribution in [0.5, 0.6) is 0 Å². The summed E-state index contributed by atoms with van der Waals surface area (Å²) < 4.78 is 34.0. The average molecular weight is 1330 g/mol. The fourth-order valence-electron chi connectivity index (χ4n) is 13.0. The van der Waals surface area contributed by atoms with Gasteiger partial charge in [-0.05, 0) is 221 Å². The Hall–Kier alpha value is -4.91. The summed E-state index contributed by atoms with van der Waals surface area (Å²) in [6.45, 7) is 38.3. The number of hydrogen-bond donors (Lipinski definition) is 0. The summed E-state index contributed by atoms with van der Waals surface area (Å²) in [6.07, 6.45) is 0. The smallest absolute Gasteiger partial charge is 0.0431 e. The Morgan fingerprint density at radius 1 is 0.295 bits per heavy atom. The van der Waals surface area contributed by atoms with Crippen LogP contribution in [0.3, 0.4) is 0 Å². The van der Waals surface area contributed by atoms with Crippen molar-refractivity contribution in [2.75, 3.05) is 76.0 Å². The Morgan fingerprint density at radius 2 is 0.477 bits per heavy atom. The molecule has 0 aliphatic heterocycles. The van der Waals surface area contributed by atoms with E-state index in [0.29, 0.717) is 47.3 Å². The largest absolute Gasteiger partial charge is 0.377 e. The first kappa shape index (κ1) is 72.2. The van der Waals surface area contributed by atoms with Crippen molar-refractivity contribution in [3.63, 3.8) is 0 Å². The Bertz CT molecular complexity index is 3220. The zero-order chi connectivity index (χ0) is 64.6. The molecule has 0 atom stereocenters. The average Bonchev–Trinajstić information content (AvgIpc) is 3.41. The van der Waals surface area contributed by atoms with Gasteiger partial charge < -0.3 is 19.6 Å². The molecule has 8 aromatic rings. The second-order valence-electron chi connectivity index (χ2n) is 27.1. The fourth-order valence-corrected chi connectivity index (χ4v) is 18.2. The summed E-state index contributed by atoms with van der Waals surface area (Å²) in [5, 5.41) is 13.6. The predicted molar refractivity (Wildman–Crippen MR) is 374 cm³/mol. The number of anilines is 4. The first-order chi connectivity index (χ1) is 40.7. The number of hydrogen-bond acceptors (Lipinski definition) is 8. The van der Waals surface area contributed by atoms with Gasteiger partial charge in [0.1, 0.15) is 0 Å². The summed E-state index contributed by atoms with van der Waals surface area (Å²) in [5.74, 6) is 2.56. The summed E-state index contributed by atoms with van der Waals surface area (Å²) in [5.41, 5.74) is 19.5. The van der Waals surface area contributed by atoms with Crippen LogP contribution < -0.4 is 70.1 Å². The van der Waals surface area contributed by atoms with E-state index in [1.807, 2.05) is 0 Å². The Balaban J connectivity index is 0.00000198. The fraction of sp³-hybridized carbons (Fsp3) is 0.421. The predicted octanol–water partition coefficient (Wildman–Crippen LogP) is 13.7. The van der Waals surface area contributed by atoms with Gasteiger partial charge in [-0.25, -0.2) is 18.6 Å².